The van der Waals surface area contributed by atoms with Gasteiger partial charge in [-0.3, -0.25) is 9.78 Å². The lowest BCUT2D eigenvalue weighted by Gasteiger charge is -2.22. The first-order chi connectivity index (χ1) is 16.5. The van der Waals surface area contributed by atoms with Gasteiger partial charge in [-0.15, -0.1) is 24.5 Å². The van der Waals surface area contributed by atoms with E-state index in [0.717, 1.165) is 15.6 Å². The smallest absolute Gasteiger partial charge is 0.406 e. The third-order valence-corrected chi connectivity index (χ3v) is 8.51. The minimum Gasteiger partial charge on any atom is -0.406 e. The molecule has 0 radical (unpaired) electrons. The van der Waals surface area contributed by atoms with Gasteiger partial charge in [-0.25, -0.2) is 8.42 Å². The number of thiophene rings is 1. The summed E-state index contributed by atoms with van der Waals surface area (Å²) in [6.45, 7) is 0.149. The van der Waals surface area contributed by atoms with Crippen LogP contribution in [0.4, 0.5) is 13.2 Å². The maximum Gasteiger partial charge on any atom is 0.573 e. The highest BCUT2D eigenvalue weighted by atomic mass is 35.5. The molecule has 3 aromatic rings. The van der Waals surface area contributed by atoms with Crippen molar-refractivity contribution < 1.29 is 31.1 Å². The van der Waals surface area contributed by atoms with Crippen molar-refractivity contribution in [3.05, 3.63) is 76.8 Å². The van der Waals surface area contributed by atoms with E-state index in [4.69, 9.17) is 11.6 Å². The van der Waals surface area contributed by atoms with Crippen LogP contribution in [0, 0.1) is 0 Å². The lowest BCUT2D eigenvalue weighted by molar-refractivity contribution is -0.274. The number of carbonyl (C=O) groups is 1. The number of sulfonamides is 1. The van der Waals surface area contributed by atoms with E-state index in [9.17, 15) is 26.4 Å². The zero-order valence-electron chi connectivity index (χ0n) is 17.7. The maximum atomic E-state index is 12.9. The van der Waals surface area contributed by atoms with Crippen molar-refractivity contribution in [3.8, 4) is 17.0 Å². The summed E-state index contributed by atoms with van der Waals surface area (Å²) in [6.07, 6.45) is -0.153. The van der Waals surface area contributed by atoms with Gasteiger partial charge in [-0.2, -0.15) is 4.31 Å². The molecule has 0 aliphatic carbocycles. The number of hydrogen-bond donors (Lipinski definition) is 1. The molecule has 35 heavy (non-hydrogen) atoms. The molecular formula is C22H17ClF3N3O4S2. The quantitative estimate of drug-likeness (QED) is 0.440. The lowest BCUT2D eigenvalue weighted by Crippen LogP contribution is -2.45. The monoisotopic (exact) mass is 543 g/mol. The van der Waals surface area contributed by atoms with E-state index in [1.807, 2.05) is 0 Å². The molecule has 7 nitrogen and oxygen atoms in total. The maximum absolute atomic E-state index is 12.9. The normalized spacial score (nSPS) is 16.4. The van der Waals surface area contributed by atoms with Crippen LogP contribution in [-0.2, 0) is 21.4 Å². The van der Waals surface area contributed by atoms with Crippen molar-refractivity contribution in [2.24, 2.45) is 0 Å². The first-order valence-electron chi connectivity index (χ1n) is 10.1. The van der Waals surface area contributed by atoms with Crippen molar-refractivity contribution in [2.45, 2.75) is 23.2 Å². The number of aromatic nitrogens is 1. The third kappa shape index (κ3) is 6.01. The number of amides is 1. The number of halogens is 4. The molecule has 1 aromatic carbocycles. The van der Waals surface area contributed by atoms with Gasteiger partial charge in [0.05, 0.1) is 10.0 Å². The molecule has 0 spiro atoms. The first kappa shape index (κ1) is 25.2. The fourth-order valence-corrected chi connectivity index (χ4v) is 6.49. The van der Waals surface area contributed by atoms with Gasteiger partial charge in [0.25, 0.3) is 10.0 Å². The van der Waals surface area contributed by atoms with Crippen LogP contribution in [0.2, 0.25) is 4.34 Å². The molecule has 0 saturated heterocycles. The zero-order chi connectivity index (χ0) is 25.2. The molecule has 1 aliphatic rings. The number of carbonyl (C=O) groups excluding carboxylic acids is 1. The molecule has 1 amide bonds. The number of pyridine rings is 1. The van der Waals surface area contributed by atoms with E-state index < -0.39 is 28.3 Å². The van der Waals surface area contributed by atoms with Crippen LogP contribution in [-0.4, -0.2) is 42.6 Å². The van der Waals surface area contributed by atoms with Crippen LogP contribution < -0.4 is 10.1 Å². The molecule has 0 fully saturated rings. The van der Waals surface area contributed by atoms with Gasteiger partial charge in [0.2, 0.25) is 5.91 Å². The minimum absolute atomic E-state index is 0.0504. The second-order valence-electron chi connectivity index (χ2n) is 7.35. The van der Waals surface area contributed by atoms with Crippen LogP contribution in [0.25, 0.3) is 11.3 Å². The van der Waals surface area contributed by atoms with Crippen LogP contribution >= 0.6 is 22.9 Å². The summed E-state index contributed by atoms with van der Waals surface area (Å²) in [5.41, 5.74) is 1.70. The molecule has 3 heterocycles. The summed E-state index contributed by atoms with van der Waals surface area (Å²) in [7, 11) is -3.90. The highest BCUT2D eigenvalue weighted by Gasteiger charge is 2.37. The second-order valence-corrected chi connectivity index (χ2v) is 11.2. The first-order valence-corrected chi connectivity index (χ1v) is 12.7. The number of ether oxygens (including phenoxy) is 1. The van der Waals surface area contributed by atoms with E-state index in [1.165, 1.54) is 48.7 Å². The van der Waals surface area contributed by atoms with Crippen LogP contribution in [0.1, 0.15) is 5.56 Å². The van der Waals surface area contributed by atoms with Gasteiger partial charge >= 0.3 is 6.36 Å². The van der Waals surface area contributed by atoms with Crippen LogP contribution in [0.15, 0.2) is 71.1 Å². The molecule has 0 saturated carbocycles. The standard InChI is InChI=1S/C22H17ClF3N3O4S2/c23-19-7-8-20(34-19)35(31,32)29-11-1-2-18(29)21(30)28-13-14-9-10-27-17(12-14)15-3-5-16(6-4-15)33-22(24,25)26/h1-10,12,18H,11,13H2,(H,28,30)/t18-/m0/s1. The molecule has 184 valence electrons. The lowest BCUT2D eigenvalue weighted by atomic mass is 10.1. The molecule has 0 unspecified atom stereocenters. The van der Waals surface area contributed by atoms with Crippen LogP contribution in [0.5, 0.6) is 5.75 Å². The molecule has 4 rings (SSSR count). The number of hydrogen-bond acceptors (Lipinski definition) is 6. The van der Waals surface area contributed by atoms with Gasteiger partial charge in [0.1, 0.15) is 16.0 Å². The average Bonchev–Trinajstić information content (AvgIpc) is 3.47. The van der Waals surface area contributed by atoms with Gasteiger partial charge < -0.3 is 10.1 Å². The fourth-order valence-electron chi connectivity index (χ4n) is 3.38. The Labute approximate surface area is 207 Å². The Bertz CT molecular complexity index is 1360. The molecule has 1 aliphatic heterocycles. The Balaban J connectivity index is 1.42. The van der Waals surface area contributed by atoms with Crippen molar-refractivity contribution in [1.82, 2.24) is 14.6 Å². The van der Waals surface area contributed by atoms with Crippen molar-refractivity contribution in [1.29, 1.82) is 0 Å². The molecule has 1 atom stereocenters. The molecule has 13 heteroatoms. The van der Waals surface area contributed by atoms with Crippen molar-refractivity contribution in [2.75, 3.05) is 6.54 Å². The summed E-state index contributed by atoms with van der Waals surface area (Å²) in [6, 6.07) is 10.4. The van der Waals surface area contributed by atoms with Crippen molar-refractivity contribution >= 4 is 38.9 Å². The molecular weight excluding hydrogens is 527 g/mol. The number of nitrogens with one attached hydrogen (secondary N) is 1. The van der Waals surface area contributed by atoms with E-state index in [-0.39, 0.29) is 23.0 Å². The van der Waals surface area contributed by atoms with Crippen molar-refractivity contribution in [3.63, 3.8) is 0 Å². The van der Waals surface area contributed by atoms with E-state index in [0.29, 0.717) is 21.2 Å². The van der Waals surface area contributed by atoms with Gasteiger partial charge in [-0.1, -0.05) is 23.8 Å². The minimum atomic E-state index is -4.78. The molecule has 2 aromatic heterocycles. The van der Waals surface area contributed by atoms with E-state index in [1.54, 1.807) is 18.2 Å². The number of nitrogens with zero attached hydrogens (tertiary/aromatic N) is 2. The largest absolute Gasteiger partial charge is 0.573 e. The van der Waals surface area contributed by atoms with Gasteiger partial charge in [-0.05, 0) is 54.1 Å². The predicted octanol–water partition coefficient (Wildman–Crippen LogP) is 4.61. The number of alkyl halides is 3. The fraction of sp³-hybridized carbons (Fsp3) is 0.182. The highest BCUT2D eigenvalue weighted by molar-refractivity contribution is 7.91. The van der Waals surface area contributed by atoms with Crippen LogP contribution in [0.3, 0.4) is 0 Å². The van der Waals surface area contributed by atoms with E-state index in [2.05, 4.69) is 15.0 Å². The third-order valence-electron chi connectivity index (χ3n) is 4.97. The molecule has 1 N–H and O–H groups in total. The Kier molecular flexibility index (Phi) is 7.17. The summed E-state index contributed by atoms with van der Waals surface area (Å²) in [5, 5.41) is 2.72. The number of rotatable bonds is 7. The predicted molar refractivity (Wildman–Crippen MR) is 124 cm³/mol. The number of benzene rings is 1. The Morgan fingerprint density at radius 3 is 2.60 bits per heavy atom. The summed E-state index contributed by atoms with van der Waals surface area (Å²) < 4.78 is 68.2. The van der Waals surface area contributed by atoms with E-state index >= 15 is 0 Å². The zero-order valence-corrected chi connectivity index (χ0v) is 20.1. The highest BCUT2D eigenvalue weighted by Crippen LogP contribution is 2.31. The summed E-state index contributed by atoms with van der Waals surface area (Å²) >= 11 is 6.78. The Morgan fingerprint density at radius 2 is 1.94 bits per heavy atom. The average molecular weight is 544 g/mol. The topological polar surface area (TPSA) is 88.6 Å². The summed E-state index contributed by atoms with van der Waals surface area (Å²) in [5.74, 6) is -0.851. The summed E-state index contributed by atoms with van der Waals surface area (Å²) in [4.78, 5) is 17.0. The van der Waals surface area contributed by atoms with Gasteiger partial charge in [0, 0.05) is 24.8 Å². The van der Waals surface area contributed by atoms with Gasteiger partial charge in [0.15, 0.2) is 0 Å². The Morgan fingerprint density at radius 1 is 1.20 bits per heavy atom. The Hall–Kier alpha value is -2.93. The SMILES string of the molecule is O=C(NCc1ccnc(-c2ccc(OC(F)(F)F)cc2)c1)[C@@H]1C=CCN1S(=O)(=O)c1ccc(Cl)s1. The second kappa shape index (κ2) is 9.97. The molecule has 0 bridgehead atoms.